The van der Waals surface area contributed by atoms with Crippen molar-refractivity contribution in [2.75, 3.05) is 13.1 Å². The number of urea groups is 1. The molecule has 2 aliphatic rings. The molecule has 2 aromatic heterocycles. The smallest absolute Gasteiger partial charge is 0.332 e. The van der Waals surface area contributed by atoms with Crippen molar-refractivity contribution in [1.29, 1.82) is 0 Å². The number of thiophene rings is 1. The maximum atomic E-state index is 12.8. The van der Waals surface area contributed by atoms with Crippen LogP contribution < -0.4 is 16.6 Å². The molecule has 23 heavy (non-hydrogen) atoms. The standard InChI is InChI=1S/C15H18N4O3S/c1-8-10(7-18-6-5-16-14(18)21)23-13-11(8)12(20)19(9-3-4-9)15(22)17(13)2/h9H,3-7H2,1-2H3,(H,16,21). The lowest BCUT2D eigenvalue weighted by Crippen LogP contribution is -2.38. The third kappa shape index (κ3) is 2.12. The van der Waals surface area contributed by atoms with Crippen LogP contribution in [0.25, 0.3) is 10.2 Å². The van der Waals surface area contributed by atoms with Crippen molar-refractivity contribution < 1.29 is 4.79 Å². The van der Waals surface area contributed by atoms with Gasteiger partial charge >= 0.3 is 11.7 Å². The van der Waals surface area contributed by atoms with Gasteiger partial charge in [-0.05, 0) is 25.3 Å². The number of fused-ring (bicyclic) bond motifs is 1. The zero-order valence-electron chi connectivity index (χ0n) is 13.1. The molecule has 1 aliphatic heterocycles. The predicted octanol–water partition coefficient (Wildman–Crippen LogP) is 0.930. The van der Waals surface area contributed by atoms with Crippen molar-refractivity contribution in [3.8, 4) is 0 Å². The van der Waals surface area contributed by atoms with Crippen molar-refractivity contribution >= 4 is 27.6 Å². The maximum Gasteiger partial charge on any atom is 0.332 e. The molecule has 7 nitrogen and oxygen atoms in total. The van der Waals surface area contributed by atoms with Crippen LogP contribution in [0, 0.1) is 6.92 Å². The highest BCUT2D eigenvalue weighted by atomic mass is 32.1. The third-order valence-corrected chi connectivity index (χ3v) is 6.00. The van der Waals surface area contributed by atoms with E-state index in [9.17, 15) is 14.4 Å². The van der Waals surface area contributed by atoms with E-state index in [1.54, 1.807) is 16.5 Å². The average Bonchev–Trinajstić information content (AvgIpc) is 3.18. The lowest BCUT2D eigenvalue weighted by Gasteiger charge is -2.12. The van der Waals surface area contributed by atoms with Gasteiger partial charge in [-0.15, -0.1) is 11.3 Å². The summed E-state index contributed by atoms with van der Waals surface area (Å²) in [6.07, 6.45) is 1.79. The largest absolute Gasteiger partial charge is 0.336 e. The lowest BCUT2D eigenvalue weighted by molar-refractivity contribution is 0.216. The number of rotatable bonds is 3. The van der Waals surface area contributed by atoms with Crippen LogP contribution in [0.3, 0.4) is 0 Å². The van der Waals surface area contributed by atoms with E-state index < -0.39 is 0 Å². The van der Waals surface area contributed by atoms with E-state index in [1.807, 2.05) is 6.92 Å². The van der Waals surface area contributed by atoms with E-state index in [-0.39, 0.29) is 23.3 Å². The molecule has 1 saturated heterocycles. The Morgan fingerprint density at radius 2 is 2.00 bits per heavy atom. The van der Waals surface area contributed by atoms with Gasteiger partial charge in [-0.2, -0.15) is 0 Å². The number of carbonyl (C=O) groups is 1. The second-order valence-corrected chi connectivity index (χ2v) is 7.32. The molecule has 0 radical (unpaired) electrons. The molecule has 0 atom stereocenters. The first kappa shape index (κ1) is 14.5. The molecule has 2 aromatic rings. The molecular formula is C15H18N4O3S. The summed E-state index contributed by atoms with van der Waals surface area (Å²) in [4.78, 5) is 40.4. The van der Waals surface area contributed by atoms with Crippen molar-refractivity contribution in [2.45, 2.75) is 32.4 Å². The van der Waals surface area contributed by atoms with Gasteiger partial charge in [-0.25, -0.2) is 9.59 Å². The normalized spacial score (nSPS) is 18.0. The summed E-state index contributed by atoms with van der Waals surface area (Å²) < 4.78 is 2.97. The fourth-order valence-corrected chi connectivity index (χ4v) is 4.40. The summed E-state index contributed by atoms with van der Waals surface area (Å²) in [5.41, 5.74) is 0.466. The Bertz CT molecular complexity index is 935. The topological polar surface area (TPSA) is 76.3 Å². The first-order valence-electron chi connectivity index (χ1n) is 7.75. The fraction of sp³-hybridized carbons (Fsp3) is 0.533. The summed E-state index contributed by atoms with van der Waals surface area (Å²) in [6.45, 7) is 3.70. The van der Waals surface area contributed by atoms with E-state index in [1.165, 1.54) is 15.9 Å². The molecule has 122 valence electrons. The minimum Gasteiger partial charge on any atom is -0.336 e. The number of nitrogens with one attached hydrogen (secondary N) is 1. The monoisotopic (exact) mass is 334 g/mol. The predicted molar refractivity (Wildman–Crippen MR) is 88.1 cm³/mol. The number of amides is 2. The molecule has 4 rings (SSSR count). The zero-order valence-corrected chi connectivity index (χ0v) is 13.9. The molecule has 1 aliphatic carbocycles. The molecule has 0 bridgehead atoms. The molecule has 3 heterocycles. The van der Waals surface area contributed by atoms with Gasteiger partial charge in [0.25, 0.3) is 5.56 Å². The van der Waals surface area contributed by atoms with Crippen molar-refractivity contribution in [3.63, 3.8) is 0 Å². The lowest BCUT2D eigenvalue weighted by atomic mass is 10.2. The van der Waals surface area contributed by atoms with E-state index in [2.05, 4.69) is 5.32 Å². The SMILES string of the molecule is Cc1c(CN2CCNC2=O)sc2c1c(=O)n(C1CC1)c(=O)n2C. The Morgan fingerprint density at radius 1 is 1.26 bits per heavy atom. The van der Waals surface area contributed by atoms with Crippen LogP contribution >= 0.6 is 11.3 Å². The minimum atomic E-state index is -0.239. The van der Waals surface area contributed by atoms with Crippen molar-refractivity contribution in [1.82, 2.24) is 19.4 Å². The molecule has 0 unspecified atom stereocenters. The molecule has 2 amide bonds. The van der Waals surface area contributed by atoms with Crippen LogP contribution in [-0.4, -0.2) is 33.2 Å². The van der Waals surface area contributed by atoms with Crippen LogP contribution in [0.1, 0.15) is 29.3 Å². The first-order valence-corrected chi connectivity index (χ1v) is 8.57. The molecular weight excluding hydrogens is 316 g/mol. The number of hydrogen-bond acceptors (Lipinski definition) is 4. The number of hydrogen-bond donors (Lipinski definition) is 1. The van der Waals surface area contributed by atoms with Gasteiger partial charge < -0.3 is 10.2 Å². The van der Waals surface area contributed by atoms with Crippen molar-refractivity contribution in [3.05, 3.63) is 31.3 Å². The number of aromatic nitrogens is 2. The Balaban J connectivity index is 1.89. The Hall–Kier alpha value is -2.09. The summed E-state index contributed by atoms with van der Waals surface area (Å²) >= 11 is 1.44. The van der Waals surface area contributed by atoms with Crippen LogP contribution in [0.15, 0.2) is 9.59 Å². The molecule has 2 fully saturated rings. The van der Waals surface area contributed by atoms with Crippen LogP contribution in [-0.2, 0) is 13.6 Å². The van der Waals surface area contributed by atoms with E-state index >= 15 is 0 Å². The second kappa shape index (κ2) is 4.95. The van der Waals surface area contributed by atoms with E-state index in [4.69, 9.17) is 0 Å². The molecule has 0 spiro atoms. The molecule has 1 saturated carbocycles. The second-order valence-electron chi connectivity index (χ2n) is 6.23. The van der Waals surface area contributed by atoms with Gasteiger partial charge in [0, 0.05) is 31.1 Å². The highest BCUT2D eigenvalue weighted by Crippen LogP contribution is 2.34. The van der Waals surface area contributed by atoms with Gasteiger partial charge in [0.15, 0.2) is 0 Å². The van der Waals surface area contributed by atoms with E-state index in [0.717, 1.165) is 23.3 Å². The third-order valence-electron chi connectivity index (χ3n) is 4.65. The summed E-state index contributed by atoms with van der Waals surface area (Å²) in [5, 5.41) is 3.40. The van der Waals surface area contributed by atoms with Gasteiger partial charge in [-0.1, -0.05) is 0 Å². The summed E-state index contributed by atoms with van der Waals surface area (Å²) in [7, 11) is 1.71. The summed E-state index contributed by atoms with van der Waals surface area (Å²) in [6, 6.07) is -0.0242. The molecule has 0 aromatic carbocycles. The van der Waals surface area contributed by atoms with Gasteiger partial charge in [-0.3, -0.25) is 13.9 Å². The molecule has 1 N–H and O–H groups in total. The van der Waals surface area contributed by atoms with Gasteiger partial charge in [0.1, 0.15) is 4.83 Å². The fourth-order valence-electron chi connectivity index (χ4n) is 3.13. The number of carbonyl (C=O) groups excluding carboxylic acids is 1. The van der Waals surface area contributed by atoms with Gasteiger partial charge in [0.2, 0.25) is 0 Å². The Kier molecular flexibility index (Phi) is 3.12. The first-order chi connectivity index (χ1) is 11.0. The van der Waals surface area contributed by atoms with Crippen LogP contribution in [0.5, 0.6) is 0 Å². The Morgan fingerprint density at radius 3 is 2.61 bits per heavy atom. The van der Waals surface area contributed by atoms with Crippen LogP contribution in [0.2, 0.25) is 0 Å². The van der Waals surface area contributed by atoms with E-state index in [0.29, 0.717) is 29.9 Å². The van der Waals surface area contributed by atoms with Gasteiger partial charge in [0.05, 0.1) is 11.9 Å². The maximum absolute atomic E-state index is 12.8. The summed E-state index contributed by atoms with van der Waals surface area (Å²) in [5.74, 6) is 0. The molecule has 8 heteroatoms. The highest BCUT2D eigenvalue weighted by molar-refractivity contribution is 7.18. The number of nitrogens with zero attached hydrogens (tertiary/aromatic N) is 3. The highest BCUT2D eigenvalue weighted by Gasteiger charge is 2.30. The van der Waals surface area contributed by atoms with Crippen molar-refractivity contribution in [2.24, 2.45) is 7.05 Å². The number of aryl methyl sites for hydroxylation is 2. The quantitative estimate of drug-likeness (QED) is 0.907. The zero-order chi connectivity index (χ0) is 16.3. The van der Waals surface area contributed by atoms with Crippen LogP contribution in [0.4, 0.5) is 4.79 Å². The average molecular weight is 334 g/mol. The Labute approximate surface area is 136 Å². The minimum absolute atomic E-state index is 0.0534.